The fraction of sp³-hybridized carbons (Fsp3) is 0. The number of rotatable bonds is 6. The van der Waals surface area contributed by atoms with E-state index in [-0.39, 0.29) is 0 Å². The Morgan fingerprint density at radius 3 is 1.73 bits per heavy atom. The second kappa shape index (κ2) is 12.1. The van der Waals surface area contributed by atoms with Gasteiger partial charge in [0.2, 0.25) is 5.91 Å². The fourth-order valence-corrected chi connectivity index (χ4v) is 5.70. The Morgan fingerprint density at radius 2 is 1.19 bits per heavy atom. The maximum absolute atomic E-state index is 11.4. The summed E-state index contributed by atoms with van der Waals surface area (Å²) in [5.41, 5.74) is 14.3. The lowest BCUT2D eigenvalue weighted by atomic mass is 10.2. The number of nitrogens with one attached hydrogen (secondary N) is 3. The zero-order chi connectivity index (χ0) is 32.5. The van der Waals surface area contributed by atoms with Crippen molar-refractivity contribution in [1.82, 2.24) is 34.0 Å². The molecule has 1 amide bonds. The molecule has 0 aliphatic carbocycles. The molecule has 0 bridgehead atoms. The standard InChI is InChI=1S/C19H14N6.C18H14N4O/c1-2-5-14(6-3-1)22-19-17-7-4-10-25(17)16-9-8-13(11-15(16)23-19)18-20-12-21-24-18;19-17(23)12-8-9-15-14(11-12)21-18(16-7-4-10-22(15)16)20-13-5-2-1-3-6-13/h1-12H,(H,22,23)(H,20,21,24);1-11H,(H2,19,23)(H,20,21). The average Bonchev–Trinajstić information content (AvgIpc) is 3.92. The first-order valence-electron chi connectivity index (χ1n) is 15.2. The molecule has 0 saturated carbocycles. The quantitative estimate of drug-likeness (QED) is 0.151. The highest BCUT2D eigenvalue weighted by Crippen LogP contribution is 2.28. The van der Waals surface area contributed by atoms with E-state index in [0.29, 0.717) is 11.1 Å². The molecule has 0 unspecified atom stereocenters. The average molecular weight is 629 g/mol. The van der Waals surface area contributed by atoms with Gasteiger partial charge in [-0.15, -0.1) is 0 Å². The molecule has 5 heterocycles. The van der Waals surface area contributed by atoms with Crippen LogP contribution in [0.15, 0.2) is 140 Å². The molecule has 11 nitrogen and oxygen atoms in total. The smallest absolute Gasteiger partial charge is 0.248 e. The van der Waals surface area contributed by atoms with Gasteiger partial charge in [-0.3, -0.25) is 9.89 Å². The third kappa shape index (κ3) is 5.41. The summed E-state index contributed by atoms with van der Waals surface area (Å²) in [6, 6.07) is 39.3. The molecule has 0 atom stereocenters. The number of nitrogens with zero attached hydrogens (tertiary/aromatic N) is 6. The molecule has 232 valence electrons. The Bertz CT molecular complexity index is 2540. The lowest BCUT2D eigenvalue weighted by Gasteiger charge is -2.11. The summed E-state index contributed by atoms with van der Waals surface area (Å²) in [6.45, 7) is 0. The van der Waals surface area contributed by atoms with Gasteiger partial charge in [-0.05, 0) is 84.9 Å². The van der Waals surface area contributed by atoms with Gasteiger partial charge in [0.25, 0.3) is 0 Å². The summed E-state index contributed by atoms with van der Waals surface area (Å²) >= 11 is 0. The minimum Gasteiger partial charge on any atom is -0.366 e. The second-order valence-corrected chi connectivity index (χ2v) is 11.0. The first kappa shape index (κ1) is 28.5. The number of hydrogen-bond acceptors (Lipinski definition) is 7. The zero-order valence-electron chi connectivity index (χ0n) is 25.4. The number of fused-ring (bicyclic) bond motifs is 6. The van der Waals surface area contributed by atoms with Crippen LogP contribution in [-0.2, 0) is 0 Å². The number of H-pyrrole nitrogens is 1. The van der Waals surface area contributed by atoms with E-state index in [4.69, 9.17) is 10.7 Å². The van der Waals surface area contributed by atoms with Gasteiger partial charge in [-0.2, -0.15) is 5.10 Å². The SMILES string of the molecule is NC(=O)c1ccc2c(c1)nc(Nc1ccccc1)c1cccn12.c1ccc(Nc2nc3cc(-c4ncn[nH]4)ccc3n3cccc23)cc1. The number of hydrogen-bond donors (Lipinski definition) is 4. The molecule has 0 fully saturated rings. The highest BCUT2D eigenvalue weighted by Gasteiger charge is 2.12. The normalized spacial score (nSPS) is 11.1. The van der Waals surface area contributed by atoms with Crippen LogP contribution in [0.1, 0.15) is 10.4 Å². The van der Waals surface area contributed by atoms with E-state index in [0.717, 1.165) is 62.0 Å². The Balaban J connectivity index is 0.000000141. The number of amides is 1. The summed E-state index contributed by atoms with van der Waals surface area (Å²) in [5, 5.41) is 13.6. The molecule has 5 N–H and O–H groups in total. The van der Waals surface area contributed by atoms with Gasteiger partial charge in [-0.25, -0.2) is 15.0 Å². The predicted molar refractivity (Wildman–Crippen MR) is 189 cm³/mol. The molecule has 48 heavy (non-hydrogen) atoms. The molecule has 9 rings (SSSR count). The van der Waals surface area contributed by atoms with Crippen molar-refractivity contribution in [3.63, 3.8) is 0 Å². The lowest BCUT2D eigenvalue weighted by molar-refractivity contribution is 0.100. The fourth-order valence-electron chi connectivity index (χ4n) is 5.70. The van der Waals surface area contributed by atoms with Crippen LogP contribution in [0.5, 0.6) is 0 Å². The van der Waals surface area contributed by atoms with Crippen LogP contribution in [0.3, 0.4) is 0 Å². The van der Waals surface area contributed by atoms with Crippen molar-refractivity contribution in [2.75, 3.05) is 10.6 Å². The molecule has 0 saturated heterocycles. The number of aromatic amines is 1. The molecule has 5 aromatic heterocycles. The number of carbonyl (C=O) groups is 1. The third-order valence-electron chi connectivity index (χ3n) is 7.96. The van der Waals surface area contributed by atoms with Crippen molar-refractivity contribution < 1.29 is 4.79 Å². The van der Waals surface area contributed by atoms with Crippen molar-refractivity contribution in [3.8, 4) is 11.4 Å². The maximum Gasteiger partial charge on any atom is 0.248 e. The Hall–Kier alpha value is -7.01. The van der Waals surface area contributed by atoms with Crippen molar-refractivity contribution in [1.29, 1.82) is 0 Å². The second-order valence-electron chi connectivity index (χ2n) is 11.0. The summed E-state index contributed by atoms with van der Waals surface area (Å²) in [4.78, 5) is 25.1. The lowest BCUT2D eigenvalue weighted by Crippen LogP contribution is -2.11. The Morgan fingerprint density at radius 1 is 0.625 bits per heavy atom. The van der Waals surface area contributed by atoms with Gasteiger partial charge in [0.05, 0.1) is 33.1 Å². The van der Waals surface area contributed by atoms with Gasteiger partial charge >= 0.3 is 0 Å². The molecular weight excluding hydrogens is 600 g/mol. The van der Waals surface area contributed by atoms with E-state index >= 15 is 0 Å². The summed E-state index contributed by atoms with van der Waals surface area (Å²) in [6.07, 6.45) is 5.52. The minimum atomic E-state index is -0.459. The van der Waals surface area contributed by atoms with Gasteiger partial charge < -0.3 is 25.2 Å². The minimum absolute atomic E-state index is 0.446. The molecule has 9 aromatic rings. The van der Waals surface area contributed by atoms with Crippen LogP contribution < -0.4 is 16.4 Å². The summed E-state index contributed by atoms with van der Waals surface area (Å²) in [5.74, 6) is 1.82. The van der Waals surface area contributed by atoms with Gasteiger partial charge in [0.15, 0.2) is 17.5 Å². The van der Waals surface area contributed by atoms with Crippen molar-refractivity contribution >= 4 is 62.0 Å². The number of carbonyl (C=O) groups excluding carboxylic acids is 1. The molecule has 0 spiro atoms. The Kier molecular flexibility index (Phi) is 7.15. The molecule has 0 aliphatic heterocycles. The third-order valence-corrected chi connectivity index (χ3v) is 7.96. The van der Waals surface area contributed by atoms with Crippen LogP contribution >= 0.6 is 0 Å². The van der Waals surface area contributed by atoms with Gasteiger partial charge in [-0.1, -0.05) is 36.4 Å². The van der Waals surface area contributed by atoms with Crippen LogP contribution in [0.25, 0.3) is 44.5 Å². The van der Waals surface area contributed by atoms with Gasteiger partial charge in [0, 0.05) is 34.9 Å². The number of primary amides is 1. The Labute approximate surface area is 273 Å². The van der Waals surface area contributed by atoms with E-state index < -0.39 is 5.91 Å². The van der Waals surface area contributed by atoms with E-state index in [1.54, 1.807) is 12.1 Å². The number of benzene rings is 4. The number of para-hydroxylation sites is 2. The molecule has 0 aliphatic rings. The van der Waals surface area contributed by atoms with Crippen LogP contribution in [-0.4, -0.2) is 39.9 Å². The predicted octanol–water partition coefficient (Wildman–Crippen LogP) is 7.35. The zero-order valence-corrected chi connectivity index (χ0v) is 25.4. The molecular formula is C37H28N10O. The van der Waals surface area contributed by atoms with Crippen LogP contribution in [0.4, 0.5) is 23.0 Å². The first-order chi connectivity index (χ1) is 23.6. The number of aromatic nitrogens is 7. The van der Waals surface area contributed by atoms with E-state index in [1.165, 1.54) is 6.33 Å². The molecule has 0 radical (unpaired) electrons. The van der Waals surface area contributed by atoms with Crippen molar-refractivity contribution in [2.45, 2.75) is 0 Å². The summed E-state index contributed by atoms with van der Waals surface area (Å²) in [7, 11) is 0. The van der Waals surface area contributed by atoms with E-state index in [2.05, 4.69) is 47.3 Å². The van der Waals surface area contributed by atoms with Crippen molar-refractivity contribution in [2.24, 2.45) is 5.73 Å². The molecule has 4 aromatic carbocycles. The topological polar surface area (TPSA) is 143 Å². The van der Waals surface area contributed by atoms with Crippen molar-refractivity contribution in [3.05, 3.63) is 146 Å². The van der Waals surface area contributed by atoms with E-state index in [9.17, 15) is 4.79 Å². The maximum atomic E-state index is 11.4. The first-order valence-corrected chi connectivity index (χ1v) is 15.2. The van der Waals surface area contributed by atoms with Gasteiger partial charge in [0.1, 0.15) is 6.33 Å². The summed E-state index contributed by atoms with van der Waals surface area (Å²) < 4.78 is 4.18. The number of anilines is 4. The highest BCUT2D eigenvalue weighted by atomic mass is 16.1. The van der Waals surface area contributed by atoms with Crippen LogP contribution in [0.2, 0.25) is 0 Å². The number of nitrogens with two attached hydrogens (primary N) is 1. The van der Waals surface area contributed by atoms with E-state index in [1.807, 2.05) is 114 Å². The largest absolute Gasteiger partial charge is 0.366 e. The molecule has 11 heteroatoms. The van der Waals surface area contributed by atoms with Crippen LogP contribution in [0, 0.1) is 0 Å². The highest BCUT2D eigenvalue weighted by molar-refractivity contribution is 5.97. The monoisotopic (exact) mass is 628 g/mol.